The first-order chi connectivity index (χ1) is 31.9. The summed E-state index contributed by atoms with van der Waals surface area (Å²) in [4.78, 5) is 62.3. The normalized spacial score (nSPS) is 14.7. The number of hydrogen-bond acceptors (Lipinski definition) is 12. The molecule has 4 heterocycles. The summed E-state index contributed by atoms with van der Waals surface area (Å²) in [7, 11) is 3.16. The van der Waals surface area contributed by atoms with E-state index in [2.05, 4.69) is 41.7 Å². The fraction of sp³-hybridized carbons (Fsp3) is 0.261. The SMILES string of the molecule is COc1ccc2c(c1)C(c1ccc(Cl)cc1)=N[C@@H](CC(=O)NCC(=O)NCCNC(=O)CNC(=O)C[C@H]1N=C(c3ccc(Cl)cc3)c3ccc(OC)cc3-n3c(C)nnc31)c1nnc(C)n1-2. The summed E-state index contributed by atoms with van der Waals surface area (Å²) >= 11 is 12.4. The first-order valence-electron chi connectivity index (χ1n) is 20.9. The molecule has 338 valence electrons. The zero-order valence-electron chi connectivity index (χ0n) is 36.3. The molecule has 2 aliphatic heterocycles. The van der Waals surface area contributed by atoms with Crippen molar-refractivity contribution in [1.29, 1.82) is 0 Å². The van der Waals surface area contributed by atoms with Gasteiger partial charge in [0.05, 0.1) is 62.9 Å². The highest BCUT2D eigenvalue weighted by Crippen LogP contribution is 2.36. The summed E-state index contributed by atoms with van der Waals surface area (Å²) in [6, 6.07) is 24.2. The van der Waals surface area contributed by atoms with Gasteiger partial charge in [0.2, 0.25) is 23.6 Å². The maximum atomic E-state index is 13.4. The van der Waals surface area contributed by atoms with Gasteiger partial charge in [0, 0.05) is 51.5 Å². The Morgan fingerprint density at radius 1 is 0.545 bits per heavy atom. The number of amides is 4. The number of hydrogen-bond donors (Lipinski definition) is 4. The van der Waals surface area contributed by atoms with Crippen molar-refractivity contribution in [1.82, 2.24) is 50.8 Å². The number of methoxy groups -OCH3 is 2. The minimum Gasteiger partial charge on any atom is -0.497 e. The van der Waals surface area contributed by atoms with E-state index in [1.165, 1.54) is 0 Å². The number of fused-ring (bicyclic) bond motifs is 6. The van der Waals surface area contributed by atoms with E-state index in [1.54, 1.807) is 38.5 Å². The van der Waals surface area contributed by atoms with Crippen molar-refractivity contribution in [2.45, 2.75) is 38.8 Å². The van der Waals surface area contributed by atoms with Gasteiger partial charge in [0.25, 0.3) is 0 Å². The van der Waals surface area contributed by atoms with Crippen LogP contribution in [0.5, 0.6) is 11.5 Å². The molecule has 2 atom stereocenters. The molecule has 4 N–H and O–H groups in total. The zero-order chi connectivity index (χ0) is 46.5. The van der Waals surface area contributed by atoms with Crippen molar-refractivity contribution in [3.8, 4) is 22.9 Å². The Morgan fingerprint density at radius 3 is 1.50 bits per heavy atom. The third kappa shape index (κ3) is 9.79. The lowest BCUT2D eigenvalue weighted by Gasteiger charge is -2.14. The van der Waals surface area contributed by atoms with Gasteiger partial charge < -0.3 is 30.7 Å². The fourth-order valence-electron chi connectivity index (χ4n) is 7.73. The lowest BCUT2D eigenvalue weighted by atomic mass is 10.00. The van der Waals surface area contributed by atoms with Gasteiger partial charge in [0.1, 0.15) is 35.2 Å². The first kappa shape index (κ1) is 45.1. The van der Waals surface area contributed by atoms with Gasteiger partial charge in [-0.1, -0.05) is 47.5 Å². The summed E-state index contributed by atoms with van der Waals surface area (Å²) in [5.41, 5.74) is 5.82. The standard InChI is InChI=1S/C46H44Cl2N12O6/c1-25-55-57-45-35(54-44(28-7-11-30(48)12-8-28)34-19-31(65-3)14-16-37(34)59(25)45)21-39(61)51-23-41(63)49-17-18-50-42(64)24-52-40(62)22-36-46-58-56-26(2)60(46)38-20-32(66-4)13-15-33(38)43(53-36)27-5-9-29(47)10-6-27/h5-16,19-20,35-36H,17-18,21-24H2,1-4H3,(H,49,63)(H,50,64)(H,51,61)(H,52,62)/t35-,36+/m0/s1. The van der Waals surface area contributed by atoms with E-state index in [0.717, 1.165) is 33.6 Å². The predicted octanol–water partition coefficient (Wildman–Crippen LogP) is 4.52. The molecule has 20 heteroatoms. The van der Waals surface area contributed by atoms with Crippen LogP contribution in [0.4, 0.5) is 0 Å². The van der Waals surface area contributed by atoms with Crippen molar-refractivity contribution < 1.29 is 28.7 Å². The van der Waals surface area contributed by atoms with Gasteiger partial charge in [-0.15, -0.1) is 20.4 Å². The van der Waals surface area contributed by atoms with Gasteiger partial charge in [-0.05, 0) is 68.4 Å². The van der Waals surface area contributed by atoms with Crippen LogP contribution in [0.3, 0.4) is 0 Å². The van der Waals surface area contributed by atoms with Crippen LogP contribution in [0.15, 0.2) is 94.9 Å². The molecule has 0 saturated heterocycles. The maximum Gasteiger partial charge on any atom is 0.239 e. The average molecular weight is 932 g/mol. The summed E-state index contributed by atoms with van der Waals surface area (Å²) in [5.74, 6) is 1.53. The van der Waals surface area contributed by atoms with Gasteiger partial charge in [-0.3, -0.25) is 38.3 Å². The number of ether oxygens (including phenoxy) is 2. The smallest absolute Gasteiger partial charge is 0.239 e. The van der Waals surface area contributed by atoms with E-state index in [4.69, 9.17) is 42.7 Å². The molecule has 18 nitrogen and oxygen atoms in total. The predicted molar refractivity (Wildman–Crippen MR) is 246 cm³/mol. The van der Waals surface area contributed by atoms with E-state index < -0.39 is 35.7 Å². The third-order valence-electron chi connectivity index (χ3n) is 10.9. The Balaban J connectivity index is 0.837. The van der Waals surface area contributed by atoms with Crippen molar-refractivity contribution in [2.24, 2.45) is 9.98 Å². The number of nitrogens with zero attached hydrogens (tertiary/aromatic N) is 8. The van der Waals surface area contributed by atoms with Gasteiger partial charge >= 0.3 is 0 Å². The molecule has 4 amide bonds. The van der Waals surface area contributed by atoms with E-state index >= 15 is 0 Å². The lowest BCUT2D eigenvalue weighted by molar-refractivity contribution is -0.126. The summed E-state index contributed by atoms with van der Waals surface area (Å²) in [5, 5.41) is 29.2. The summed E-state index contributed by atoms with van der Waals surface area (Å²) < 4.78 is 14.8. The number of nitrogens with one attached hydrogen (secondary N) is 4. The Bertz CT molecular complexity index is 2890. The molecule has 2 aromatic heterocycles. The number of aryl methyl sites for hydroxylation is 2. The van der Waals surface area contributed by atoms with Crippen molar-refractivity contribution in [3.05, 3.63) is 141 Å². The van der Waals surface area contributed by atoms with Crippen LogP contribution in [0.2, 0.25) is 10.0 Å². The number of carbonyl (C=O) groups is 4. The number of halogens is 2. The van der Waals surface area contributed by atoms with Crippen LogP contribution in [0.1, 0.15) is 70.5 Å². The molecule has 0 bridgehead atoms. The highest BCUT2D eigenvalue weighted by molar-refractivity contribution is 6.31. The lowest BCUT2D eigenvalue weighted by Crippen LogP contribution is -2.42. The van der Waals surface area contributed by atoms with Crippen LogP contribution < -0.4 is 30.7 Å². The molecule has 6 aromatic rings. The quantitative estimate of drug-likeness (QED) is 0.106. The highest BCUT2D eigenvalue weighted by atomic mass is 35.5. The molecule has 0 aliphatic carbocycles. The minimum atomic E-state index is -0.758. The second kappa shape index (κ2) is 19.7. The molecule has 8 rings (SSSR count). The van der Waals surface area contributed by atoms with Crippen molar-refractivity contribution >= 4 is 58.3 Å². The minimum absolute atomic E-state index is 0.0699. The number of aliphatic imine (C=N–C) groups is 2. The third-order valence-corrected chi connectivity index (χ3v) is 11.4. The molecule has 0 fully saturated rings. The first-order valence-corrected chi connectivity index (χ1v) is 21.6. The topological polar surface area (TPSA) is 221 Å². The Morgan fingerprint density at radius 2 is 1.00 bits per heavy atom. The summed E-state index contributed by atoms with van der Waals surface area (Å²) in [6.45, 7) is 3.14. The molecule has 66 heavy (non-hydrogen) atoms. The average Bonchev–Trinajstić information content (AvgIpc) is 3.83. The number of aromatic nitrogens is 6. The Labute approximate surface area is 388 Å². The van der Waals surface area contributed by atoms with E-state index in [-0.39, 0.29) is 39.0 Å². The molecular weight excluding hydrogens is 887 g/mol. The molecule has 0 saturated carbocycles. The Kier molecular flexibility index (Phi) is 13.5. The number of benzene rings is 4. The summed E-state index contributed by atoms with van der Waals surface area (Å²) in [6.07, 6.45) is -0.261. The van der Waals surface area contributed by atoms with Crippen LogP contribution in [-0.4, -0.2) is 105 Å². The monoisotopic (exact) mass is 930 g/mol. The number of carbonyl (C=O) groups excluding carboxylic acids is 4. The van der Waals surface area contributed by atoms with E-state index in [9.17, 15) is 19.2 Å². The van der Waals surface area contributed by atoms with E-state index in [1.807, 2.05) is 83.6 Å². The maximum absolute atomic E-state index is 13.4. The van der Waals surface area contributed by atoms with E-state index in [0.29, 0.717) is 56.3 Å². The fourth-order valence-corrected chi connectivity index (χ4v) is 7.98. The highest BCUT2D eigenvalue weighted by Gasteiger charge is 2.32. The van der Waals surface area contributed by atoms with Crippen LogP contribution in [0.25, 0.3) is 11.4 Å². The number of rotatable bonds is 15. The second-order valence-corrected chi connectivity index (χ2v) is 16.2. The second-order valence-electron chi connectivity index (χ2n) is 15.3. The molecule has 0 radical (unpaired) electrons. The van der Waals surface area contributed by atoms with Gasteiger partial charge in [-0.25, -0.2) is 0 Å². The zero-order valence-corrected chi connectivity index (χ0v) is 37.8. The molecular formula is C46H44Cl2N12O6. The van der Waals surface area contributed by atoms with Crippen molar-refractivity contribution in [2.75, 3.05) is 40.4 Å². The molecule has 0 unspecified atom stereocenters. The largest absolute Gasteiger partial charge is 0.497 e. The van der Waals surface area contributed by atoms with Crippen molar-refractivity contribution in [3.63, 3.8) is 0 Å². The van der Waals surface area contributed by atoms with Crippen LogP contribution >= 0.6 is 23.2 Å². The van der Waals surface area contributed by atoms with Gasteiger partial charge in [-0.2, -0.15) is 0 Å². The van der Waals surface area contributed by atoms with Gasteiger partial charge in [0.15, 0.2) is 11.6 Å². The van der Waals surface area contributed by atoms with Crippen LogP contribution in [0, 0.1) is 13.8 Å². The van der Waals surface area contributed by atoms with Crippen LogP contribution in [-0.2, 0) is 19.2 Å². The Hall–Kier alpha value is -7.44. The molecule has 2 aliphatic rings. The molecule has 0 spiro atoms. The molecule has 4 aromatic carbocycles.